The number of nitrogens with zero attached hydrogens (tertiary/aromatic N) is 1. The Balaban J connectivity index is 1.86. The predicted molar refractivity (Wildman–Crippen MR) is 89.1 cm³/mol. The fourth-order valence-electron chi connectivity index (χ4n) is 2.89. The van der Waals surface area contributed by atoms with Gasteiger partial charge in [-0.05, 0) is 44.4 Å². The number of piperidine rings is 1. The smallest absolute Gasteiger partial charge is 0.223 e. The van der Waals surface area contributed by atoms with E-state index in [0.717, 1.165) is 24.2 Å². The Bertz CT molecular complexity index is 534. The molecule has 126 valence electrons. The minimum atomic E-state index is -0.0380. The van der Waals surface area contributed by atoms with E-state index in [9.17, 15) is 9.59 Å². The Morgan fingerprint density at radius 3 is 2.39 bits per heavy atom. The minimum Gasteiger partial charge on any atom is -0.494 e. The molecule has 0 bridgehead atoms. The third kappa shape index (κ3) is 4.71. The standard InChI is InChI=1S/C18H26N2O3/c1-4-23-17-7-5-15(6-8-17)13(2)19-18(22)16-9-11-20(12-10-16)14(3)21/h5-8,13,16H,4,9-12H2,1-3H3,(H,19,22). The minimum absolute atomic E-state index is 0.00394. The van der Waals surface area contributed by atoms with Gasteiger partial charge in [-0.15, -0.1) is 0 Å². The highest BCUT2D eigenvalue weighted by molar-refractivity contribution is 5.80. The van der Waals surface area contributed by atoms with E-state index in [1.165, 1.54) is 0 Å². The number of hydrogen-bond acceptors (Lipinski definition) is 3. The maximum Gasteiger partial charge on any atom is 0.223 e. The summed E-state index contributed by atoms with van der Waals surface area (Å²) in [7, 11) is 0. The highest BCUT2D eigenvalue weighted by Crippen LogP contribution is 2.21. The van der Waals surface area contributed by atoms with Crippen molar-refractivity contribution in [1.29, 1.82) is 0 Å². The topological polar surface area (TPSA) is 58.6 Å². The summed E-state index contributed by atoms with van der Waals surface area (Å²) in [6, 6.07) is 7.77. The number of nitrogens with one attached hydrogen (secondary N) is 1. The Kier molecular flexibility index (Phi) is 6.02. The largest absolute Gasteiger partial charge is 0.494 e. The molecule has 2 rings (SSSR count). The van der Waals surface area contributed by atoms with E-state index in [4.69, 9.17) is 4.74 Å². The van der Waals surface area contributed by atoms with Gasteiger partial charge in [0.05, 0.1) is 12.6 Å². The van der Waals surface area contributed by atoms with Gasteiger partial charge in [-0.25, -0.2) is 0 Å². The molecule has 0 saturated carbocycles. The summed E-state index contributed by atoms with van der Waals surface area (Å²) < 4.78 is 5.43. The van der Waals surface area contributed by atoms with Crippen molar-refractivity contribution < 1.29 is 14.3 Å². The zero-order valence-electron chi connectivity index (χ0n) is 14.2. The Morgan fingerprint density at radius 1 is 1.26 bits per heavy atom. The lowest BCUT2D eigenvalue weighted by Crippen LogP contribution is -2.42. The fraction of sp³-hybridized carbons (Fsp3) is 0.556. The van der Waals surface area contributed by atoms with E-state index in [0.29, 0.717) is 19.7 Å². The molecule has 1 unspecified atom stereocenters. The van der Waals surface area contributed by atoms with E-state index >= 15 is 0 Å². The molecular formula is C18H26N2O3. The van der Waals surface area contributed by atoms with Gasteiger partial charge in [-0.1, -0.05) is 12.1 Å². The average molecular weight is 318 g/mol. The summed E-state index contributed by atoms with van der Waals surface area (Å²) in [5.74, 6) is 1.00. The van der Waals surface area contributed by atoms with Crippen LogP contribution in [0.4, 0.5) is 0 Å². The summed E-state index contributed by atoms with van der Waals surface area (Å²) in [6.07, 6.45) is 1.48. The summed E-state index contributed by atoms with van der Waals surface area (Å²) in [6.45, 7) is 7.50. The third-order valence-corrected chi connectivity index (χ3v) is 4.36. The molecule has 1 aromatic rings. The number of likely N-dealkylation sites (tertiary alicyclic amines) is 1. The number of ether oxygens (including phenoxy) is 1. The molecule has 1 N–H and O–H groups in total. The van der Waals surface area contributed by atoms with Crippen molar-refractivity contribution in [1.82, 2.24) is 10.2 Å². The lowest BCUT2D eigenvalue weighted by molar-refractivity contribution is -0.134. The molecule has 1 aliphatic rings. The Labute approximate surface area is 138 Å². The van der Waals surface area contributed by atoms with Gasteiger partial charge in [0.2, 0.25) is 11.8 Å². The molecule has 0 radical (unpaired) electrons. The molecule has 1 aromatic carbocycles. The molecule has 1 heterocycles. The quantitative estimate of drug-likeness (QED) is 0.907. The van der Waals surface area contributed by atoms with Crippen molar-refractivity contribution in [3.05, 3.63) is 29.8 Å². The van der Waals surface area contributed by atoms with Crippen molar-refractivity contribution in [3.63, 3.8) is 0 Å². The van der Waals surface area contributed by atoms with Crippen molar-refractivity contribution in [2.75, 3.05) is 19.7 Å². The fourth-order valence-corrected chi connectivity index (χ4v) is 2.89. The summed E-state index contributed by atoms with van der Waals surface area (Å²) in [5, 5.41) is 3.08. The zero-order chi connectivity index (χ0) is 16.8. The van der Waals surface area contributed by atoms with Crippen molar-refractivity contribution in [2.24, 2.45) is 5.92 Å². The van der Waals surface area contributed by atoms with Crippen LogP contribution in [0.15, 0.2) is 24.3 Å². The highest BCUT2D eigenvalue weighted by Gasteiger charge is 2.26. The van der Waals surface area contributed by atoms with Gasteiger partial charge in [0.1, 0.15) is 5.75 Å². The molecule has 1 saturated heterocycles. The first-order valence-electron chi connectivity index (χ1n) is 8.30. The molecule has 1 atom stereocenters. The van der Waals surface area contributed by atoms with Crippen LogP contribution >= 0.6 is 0 Å². The first-order chi connectivity index (χ1) is 11.0. The first kappa shape index (κ1) is 17.3. The SMILES string of the molecule is CCOc1ccc(C(C)NC(=O)C2CCN(C(C)=O)CC2)cc1. The molecule has 5 nitrogen and oxygen atoms in total. The normalized spacial score (nSPS) is 16.7. The maximum atomic E-state index is 12.4. The second-order valence-corrected chi connectivity index (χ2v) is 6.01. The van der Waals surface area contributed by atoms with Crippen LogP contribution in [0.3, 0.4) is 0 Å². The second kappa shape index (κ2) is 7.99. The number of hydrogen-bond donors (Lipinski definition) is 1. The summed E-state index contributed by atoms with van der Waals surface area (Å²) in [4.78, 5) is 25.5. The maximum absolute atomic E-state index is 12.4. The molecule has 0 aliphatic carbocycles. The Hall–Kier alpha value is -2.04. The molecule has 1 aliphatic heterocycles. The summed E-state index contributed by atoms with van der Waals surface area (Å²) in [5.41, 5.74) is 1.06. The highest BCUT2D eigenvalue weighted by atomic mass is 16.5. The monoisotopic (exact) mass is 318 g/mol. The summed E-state index contributed by atoms with van der Waals surface area (Å²) >= 11 is 0. The van der Waals surface area contributed by atoms with Crippen LogP contribution in [0.2, 0.25) is 0 Å². The van der Waals surface area contributed by atoms with Crippen molar-refractivity contribution >= 4 is 11.8 Å². The average Bonchev–Trinajstić information content (AvgIpc) is 2.55. The van der Waals surface area contributed by atoms with Gasteiger partial charge in [-0.3, -0.25) is 9.59 Å². The van der Waals surface area contributed by atoms with Gasteiger partial charge in [-0.2, -0.15) is 0 Å². The van der Waals surface area contributed by atoms with Crippen molar-refractivity contribution in [3.8, 4) is 5.75 Å². The van der Waals surface area contributed by atoms with E-state index < -0.39 is 0 Å². The number of rotatable bonds is 5. The lowest BCUT2D eigenvalue weighted by Gasteiger charge is -2.31. The molecule has 2 amide bonds. The third-order valence-electron chi connectivity index (χ3n) is 4.36. The molecule has 0 spiro atoms. The molecule has 0 aromatic heterocycles. The van der Waals surface area contributed by atoms with Crippen LogP contribution in [0.1, 0.15) is 45.2 Å². The molecular weight excluding hydrogens is 292 g/mol. The van der Waals surface area contributed by atoms with Gasteiger partial charge in [0.15, 0.2) is 0 Å². The van der Waals surface area contributed by atoms with Gasteiger partial charge >= 0.3 is 0 Å². The van der Waals surface area contributed by atoms with Crippen LogP contribution in [0, 0.1) is 5.92 Å². The van der Waals surface area contributed by atoms with Crippen LogP contribution < -0.4 is 10.1 Å². The van der Waals surface area contributed by atoms with E-state index in [2.05, 4.69) is 5.32 Å². The van der Waals surface area contributed by atoms with E-state index in [1.54, 1.807) is 11.8 Å². The predicted octanol–water partition coefficient (Wildman–Crippen LogP) is 2.52. The zero-order valence-corrected chi connectivity index (χ0v) is 14.2. The van der Waals surface area contributed by atoms with Crippen LogP contribution in [-0.4, -0.2) is 36.4 Å². The molecule has 5 heteroatoms. The van der Waals surface area contributed by atoms with Gasteiger partial charge < -0.3 is 15.0 Å². The van der Waals surface area contributed by atoms with E-state index in [-0.39, 0.29) is 23.8 Å². The van der Waals surface area contributed by atoms with Crippen LogP contribution in [0.5, 0.6) is 5.75 Å². The van der Waals surface area contributed by atoms with E-state index in [1.807, 2.05) is 38.1 Å². The Morgan fingerprint density at radius 2 is 1.87 bits per heavy atom. The molecule has 23 heavy (non-hydrogen) atoms. The van der Waals surface area contributed by atoms with Crippen molar-refractivity contribution in [2.45, 2.75) is 39.7 Å². The molecule has 1 fully saturated rings. The second-order valence-electron chi connectivity index (χ2n) is 6.01. The van der Waals surface area contributed by atoms with Crippen LogP contribution in [-0.2, 0) is 9.59 Å². The lowest BCUT2D eigenvalue weighted by atomic mass is 9.95. The van der Waals surface area contributed by atoms with Gasteiger partial charge in [0.25, 0.3) is 0 Å². The van der Waals surface area contributed by atoms with Crippen LogP contribution in [0.25, 0.3) is 0 Å². The number of amides is 2. The number of benzene rings is 1. The number of carbonyl (C=O) groups is 2. The first-order valence-corrected chi connectivity index (χ1v) is 8.30. The van der Waals surface area contributed by atoms with Gasteiger partial charge in [0, 0.05) is 25.9 Å². The number of carbonyl (C=O) groups excluding carboxylic acids is 2.